The van der Waals surface area contributed by atoms with E-state index in [0.29, 0.717) is 12.4 Å². The maximum absolute atomic E-state index is 12.7. The predicted molar refractivity (Wildman–Crippen MR) is 77.0 cm³/mol. The van der Waals surface area contributed by atoms with Gasteiger partial charge in [-0.3, -0.25) is 5.10 Å². The number of aromatic nitrogens is 3. The summed E-state index contributed by atoms with van der Waals surface area (Å²) in [4.78, 5) is 5.86. The summed E-state index contributed by atoms with van der Waals surface area (Å²) >= 11 is 6.02. The number of hydrogen-bond donors (Lipinski definition) is 1. The predicted octanol–water partition coefficient (Wildman–Crippen LogP) is 3.86. The molecule has 1 aliphatic heterocycles. The van der Waals surface area contributed by atoms with Crippen LogP contribution in [0.15, 0.2) is 24.5 Å². The lowest BCUT2D eigenvalue weighted by atomic mass is 9.95. The van der Waals surface area contributed by atoms with Crippen molar-refractivity contribution in [3.8, 4) is 0 Å². The third-order valence-corrected chi connectivity index (χ3v) is 4.11. The Morgan fingerprint density at radius 1 is 1.36 bits per heavy atom. The van der Waals surface area contributed by atoms with Crippen molar-refractivity contribution in [3.63, 3.8) is 0 Å². The molecule has 1 aliphatic rings. The highest BCUT2D eigenvalue weighted by Gasteiger charge is 2.32. The number of piperidine rings is 1. The fourth-order valence-electron chi connectivity index (χ4n) is 2.74. The second-order valence-corrected chi connectivity index (χ2v) is 5.73. The summed E-state index contributed by atoms with van der Waals surface area (Å²) in [7, 11) is 0. The van der Waals surface area contributed by atoms with E-state index in [4.69, 9.17) is 11.6 Å². The standard InChI is InChI=1S/C14H14ClF3N4/c15-11-6-10(14(16,17)18)7-19-13(11)22-5-1-2-9(8-22)12-3-4-20-21-12/h3-4,6-7,9H,1-2,5,8H2,(H,20,21)/t9-/m1/s1. The van der Waals surface area contributed by atoms with E-state index in [-0.39, 0.29) is 10.9 Å². The first-order valence-electron chi connectivity index (χ1n) is 6.92. The zero-order chi connectivity index (χ0) is 15.7. The molecule has 1 fully saturated rings. The van der Waals surface area contributed by atoms with Crippen LogP contribution in [0.25, 0.3) is 0 Å². The Labute approximate surface area is 130 Å². The van der Waals surface area contributed by atoms with Gasteiger partial charge >= 0.3 is 6.18 Å². The number of anilines is 1. The number of aromatic amines is 1. The van der Waals surface area contributed by atoms with Crippen molar-refractivity contribution in [1.29, 1.82) is 0 Å². The van der Waals surface area contributed by atoms with E-state index >= 15 is 0 Å². The van der Waals surface area contributed by atoms with Gasteiger partial charge < -0.3 is 4.90 Å². The largest absolute Gasteiger partial charge is 0.417 e. The number of pyridine rings is 1. The highest BCUT2D eigenvalue weighted by atomic mass is 35.5. The second-order valence-electron chi connectivity index (χ2n) is 5.32. The minimum atomic E-state index is -4.43. The Hall–Kier alpha value is -1.76. The lowest BCUT2D eigenvalue weighted by molar-refractivity contribution is -0.137. The molecular formula is C14H14ClF3N4. The first kappa shape index (κ1) is 15.1. The van der Waals surface area contributed by atoms with E-state index < -0.39 is 11.7 Å². The molecule has 0 amide bonds. The third kappa shape index (κ3) is 3.04. The van der Waals surface area contributed by atoms with Gasteiger partial charge in [0.1, 0.15) is 5.82 Å². The molecule has 3 rings (SSSR count). The highest BCUT2D eigenvalue weighted by molar-refractivity contribution is 6.33. The van der Waals surface area contributed by atoms with Gasteiger partial charge in [0.2, 0.25) is 0 Å². The first-order chi connectivity index (χ1) is 10.4. The highest BCUT2D eigenvalue weighted by Crippen LogP contribution is 2.35. The smallest absolute Gasteiger partial charge is 0.355 e. The molecule has 0 radical (unpaired) electrons. The average molecular weight is 331 g/mol. The van der Waals surface area contributed by atoms with Crippen LogP contribution >= 0.6 is 11.6 Å². The third-order valence-electron chi connectivity index (χ3n) is 3.83. The van der Waals surface area contributed by atoms with Gasteiger partial charge in [-0.15, -0.1) is 0 Å². The topological polar surface area (TPSA) is 44.8 Å². The van der Waals surface area contributed by atoms with Crippen molar-refractivity contribution in [2.24, 2.45) is 0 Å². The second kappa shape index (κ2) is 5.79. The zero-order valence-corrected chi connectivity index (χ0v) is 12.3. The molecule has 2 aromatic rings. The molecule has 22 heavy (non-hydrogen) atoms. The van der Waals surface area contributed by atoms with Gasteiger partial charge in [0, 0.05) is 37.1 Å². The molecule has 1 N–H and O–H groups in total. The van der Waals surface area contributed by atoms with E-state index in [9.17, 15) is 13.2 Å². The van der Waals surface area contributed by atoms with Gasteiger partial charge in [-0.1, -0.05) is 11.6 Å². The SMILES string of the molecule is FC(F)(F)c1cnc(N2CCC[C@@H](c3ccn[nH]3)C2)c(Cl)c1. The molecular weight excluding hydrogens is 317 g/mol. The monoisotopic (exact) mass is 330 g/mol. The molecule has 0 aliphatic carbocycles. The van der Waals surface area contributed by atoms with Crippen molar-refractivity contribution < 1.29 is 13.2 Å². The molecule has 1 saturated heterocycles. The minimum Gasteiger partial charge on any atom is -0.355 e. The molecule has 0 bridgehead atoms. The van der Waals surface area contributed by atoms with Gasteiger partial charge in [0.15, 0.2) is 0 Å². The molecule has 4 nitrogen and oxygen atoms in total. The molecule has 118 valence electrons. The molecule has 0 aromatic carbocycles. The van der Waals surface area contributed by atoms with Crippen molar-refractivity contribution >= 4 is 17.4 Å². The lowest BCUT2D eigenvalue weighted by Gasteiger charge is -2.33. The van der Waals surface area contributed by atoms with Gasteiger partial charge in [0.25, 0.3) is 0 Å². The number of rotatable bonds is 2. The summed E-state index contributed by atoms with van der Waals surface area (Å²) in [5.41, 5.74) is 0.191. The van der Waals surface area contributed by atoms with Crippen LogP contribution in [0.5, 0.6) is 0 Å². The maximum Gasteiger partial charge on any atom is 0.417 e. The van der Waals surface area contributed by atoms with Crippen LogP contribution in [-0.4, -0.2) is 28.3 Å². The molecule has 1 atom stereocenters. The van der Waals surface area contributed by atoms with Crippen LogP contribution in [-0.2, 0) is 6.18 Å². The van der Waals surface area contributed by atoms with Crippen molar-refractivity contribution in [1.82, 2.24) is 15.2 Å². The number of halogens is 4. The van der Waals surface area contributed by atoms with E-state index in [1.165, 1.54) is 0 Å². The molecule has 0 spiro atoms. The van der Waals surface area contributed by atoms with Crippen LogP contribution in [0.2, 0.25) is 5.02 Å². The Balaban J connectivity index is 1.82. The molecule has 8 heteroatoms. The number of hydrogen-bond acceptors (Lipinski definition) is 3. The van der Waals surface area contributed by atoms with Crippen LogP contribution in [0.1, 0.15) is 30.0 Å². The molecule has 3 heterocycles. The fourth-order valence-corrected chi connectivity index (χ4v) is 3.02. The number of alkyl halides is 3. The van der Waals surface area contributed by atoms with Crippen LogP contribution in [0.4, 0.5) is 19.0 Å². The van der Waals surface area contributed by atoms with Gasteiger partial charge in [0.05, 0.1) is 10.6 Å². The first-order valence-corrected chi connectivity index (χ1v) is 7.30. The van der Waals surface area contributed by atoms with Crippen molar-refractivity contribution in [2.45, 2.75) is 24.9 Å². The Morgan fingerprint density at radius 2 is 2.18 bits per heavy atom. The zero-order valence-electron chi connectivity index (χ0n) is 11.6. The fraction of sp³-hybridized carbons (Fsp3) is 0.429. The van der Waals surface area contributed by atoms with E-state index in [1.54, 1.807) is 6.20 Å². The molecule has 0 unspecified atom stereocenters. The lowest BCUT2D eigenvalue weighted by Crippen LogP contribution is -2.35. The summed E-state index contributed by atoms with van der Waals surface area (Å²) in [6.07, 6.45) is 0.00778. The Morgan fingerprint density at radius 3 is 2.82 bits per heavy atom. The van der Waals surface area contributed by atoms with Gasteiger partial charge in [-0.25, -0.2) is 4.98 Å². The maximum atomic E-state index is 12.7. The van der Waals surface area contributed by atoms with Crippen LogP contribution in [0.3, 0.4) is 0 Å². The summed E-state index contributed by atoms with van der Waals surface area (Å²) in [5.74, 6) is 0.648. The molecule has 0 saturated carbocycles. The normalized spacial score (nSPS) is 19.5. The summed E-state index contributed by atoms with van der Waals surface area (Å²) < 4.78 is 38.0. The van der Waals surface area contributed by atoms with E-state index in [1.807, 2.05) is 11.0 Å². The molecule has 2 aromatic heterocycles. The van der Waals surface area contributed by atoms with Crippen molar-refractivity contribution in [3.05, 3.63) is 40.8 Å². The summed E-state index contributed by atoms with van der Waals surface area (Å²) in [5, 5.41) is 6.91. The number of nitrogens with zero attached hydrogens (tertiary/aromatic N) is 3. The number of nitrogens with one attached hydrogen (secondary N) is 1. The van der Waals surface area contributed by atoms with Gasteiger partial charge in [-0.05, 0) is 25.0 Å². The van der Waals surface area contributed by atoms with E-state index in [0.717, 1.165) is 37.3 Å². The van der Waals surface area contributed by atoms with Crippen molar-refractivity contribution in [2.75, 3.05) is 18.0 Å². The minimum absolute atomic E-state index is 0.0279. The van der Waals surface area contributed by atoms with Gasteiger partial charge in [-0.2, -0.15) is 18.3 Å². The summed E-state index contributed by atoms with van der Waals surface area (Å²) in [6.45, 7) is 1.38. The van der Waals surface area contributed by atoms with Crippen LogP contribution < -0.4 is 4.90 Å². The average Bonchev–Trinajstić information content (AvgIpc) is 3.00. The van der Waals surface area contributed by atoms with Crippen LogP contribution in [0, 0.1) is 0 Å². The summed E-state index contributed by atoms with van der Waals surface area (Å²) in [6, 6.07) is 2.85. The quantitative estimate of drug-likeness (QED) is 0.909. The number of H-pyrrole nitrogens is 1. The van der Waals surface area contributed by atoms with E-state index in [2.05, 4.69) is 15.2 Å². The Kier molecular flexibility index (Phi) is 3.99. The Bertz CT molecular complexity index is 642.